The average Bonchev–Trinajstić information content (AvgIpc) is 3.46. The summed E-state index contributed by atoms with van der Waals surface area (Å²) < 4.78 is 32.7. The standard InChI is InChI=1S/C20H24N2O4S/c1-3-22(27(24,25)19-12-4-15(2)5-13-19)17-8-10-18(11-9-17)26-14-20(23)21-16-6-7-16/h4-5,8-13,16H,3,6-7,14H2,1-2H3,(H,21,23). The average molecular weight is 388 g/mol. The van der Waals surface area contributed by atoms with Gasteiger partial charge in [0.05, 0.1) is 10.6 Å². The molecule has 0 bridgehead atoms. The first-order valence-corrected chi connectivity index (χ1v) is 10.5. The van der Waals surface area contributed by atoms with Crippen LogP contribution in [-0.2, 0) is 14.8 Å². The van der Waals surface area contributed by atoms with Crippen molar-refractivity contribution in [1.82, 2.24) is 5.32 Å². The Balaban J connectivity index is 1.69. The van der Waals surface area contributed by atoms with Crippen LogP contribution in [0.2, 0.25) is 0 Å². The number of rotatable bonds is 8. The van der Waals surface area contributed by atoms with E-state index in [9.17, 15) is 13.2 Å². The molecule has 0 spiro atoms. The van der Waals surface area contributed by atoms with E-state index in [0.29, 0.717) is 24.0 Å². The molecule has 0 radical (unpaired) electrons. The predicted octanol–water partition coefficient (Wildman–Crippen LogP) is 2.87. The van der Waals surface area contributed by atoms with Crippen molar-refractivity contribution >= 4 is 21.6 Å². The number of ether oxygens (including phenoxy) is 1. The van der Waals surface area contributed by atoms with Gasteiger partial charge >= 0.3 is 0 Å². The Morgan fingerprint density at radius 1 is 1.11 bits per heavy atom. The minimum absolute atomic E-state index is 0.0466. The molecule has 0 unspecified atom stereocenters. The lowest BCUT2D eigenvalue weighted by Gasteiger charge is -2.23. The summed E-state index contributed by atoms with van der Waals surface area (Å²) in [7, 11) is -3.64. The number of sulfonamides is 1. The molecule has 27 heavy (non-hydrogen) atoms. The minimum Gasteiger partial charge on any atom is -0.484 e. The summed E-state index contributed by atoms with van der Waals surface area (Å²) in [6.45, 7) is 3.96. The van der Waals surface area contributed by atoms with Crippen LogP contribution in [0, 0.1) is 6.92 Å². The van der Waals surface area contributed by atoms with Gasteiger partial charge < -0.3 is 10.1 Å². The maximum atomic E-state index is 12.9. The van der Waals surface area contributed by atoms with E-state index < -0.39 is 10.0 Å². The van der Waals surface area contributed by atoms with Crippen LogP contribution in [0.15, 0.2) is 53.4 Å². The van der Waals surface area contributed by atoms with Gasteiger partial charge in [0.1, 0.15) is 5.75 Å². The van der Waals surface area contributed by atoms with Crippen molar-refractivity contribution < 1.29 is 17.9 Å². The quantitative estimate of drug-likeness (QED) is 0.754. The SMILES string of the molecule is CCN(c1ccc(OCC(=O)NC2CC2)cc1)S(=O)(=O)c1ccc(C)cc1. The van der Waals surface area contributed by atoms with Crippen molar-refractivity contribution in [2.75, 3.05) is 17.5 Å². The van der Waals surface area contributed by atoms with Crippen molar-refractivity contribution in [1.29, 1.82) is 0 Å². The zero-order valence-corrected chi connectivity index (χ0v) is 16.3. The smallest absolute Gasteiger partial charge is 0.264 e. The minimum atomic E-state index is -3.64. The second kappa shape index (κ2) is 8.00. The van der Waals surface area contributed by atoms with Gasteiger partial charge in [-0.15, -0.1) is 0 Å². The Labute approximate surface area is 160 Å². The van der Waals surface area contributed by atoms with E-state index in [0.717, 1.165) is 18.4 Å². The van der Waals surface area contributed by atoms with Gasteiger partial charge in [-0.1, -0.05) is 17.7 Å². The van der Waals surface area contributed by atoms with Crippen molar-refractivity contribution in [2.24, 2.45) is 0 Å². The normalized spacial score (nSPS) is 13.9. The molecule has 1 aliphatic carbocycles. The Morgan fingerprint density at radius 2 is 1.74 bits per heavy atom. The van der Waals surface area contributed by atoms with E-state index in [1.165, 1.54) is 4.31 Å². The molecule has 1 aliphatic rings. The summed E-state index contributed by atoms with van der Waals surface area (Å²) in [6.07, 6.45) is 2.06. The van der Waals surface area contributed by atoms with E-state index in [-0.39, 0.29) is 17.4 Å². The highest BCUT2D eigenvalue weighted by molar-refractivity contribution is 7.92. The zero-order valence-electron chi connectivity index (χ0n) is 15.5. The number of hydrogen-bond acceptors (Lipinski definition) is 4. The molecule has 3 rings (SSSR count). The van der Waals surface area contributed by atoms with Crippen LogP contribution >= 0.6 is 0 Å². The van der Waals surface area contributed by atoms with Crippen LogP contribution in [0.5, 0.6) is 5.75 Å². The second-order valence-electron chi connectivity index (χ2n) is 6.61. The molecule has 7 heteroatoms. The van der Waals surface area contributed by atoms with Crippen LogP contribution in [0.1, 0.15) is 25.3 Å². The summed E-state index contributed by atoms with van der Waals surface area (Å²) in [5.41, 5.74) is 1.55. The van der Waals surface area contributed by atoms with Crippen LogP contribution in [-0.4, -0.2) is 33.5 Å². The molecule has 1 N–H and O–H groups in total. The first-order chi connectivity index (χ1) is 12.9. The lowest BCUT2D eigenvalue weighted by Crippen LogP contribution is -2.31. The van der Waals surface area contributed by atoms with Gasteiger partial charge in [0.25, 0.3) is 15.9 Å². The molecular weight excluding hydrogens is 364 g/mol. The van der Waals surface area contributed by atoms with Gasteiger partial charge in [-0.05, 0) is 63.1 Å². The largest absolute Gasteiger partial charge is 0.484 e. The Kier molecular flexibility index (Phi) is 5.70. The fraction of sp³-hybridized carbons (Fsp3) is 0.350. The van der Waals surface area contributed by atoms with Gasteiger partial charge in [-0.3, -0.25) is 9.10 Å². The van der Waals surface area contributed by atoms with Crippen LogP contribution in [0.4, 0.5) is 5.69 Å². The number of aryl methyl sites for hydroxylation is 1. The monoisotopic (exact) mass is 388 g/mol. The van der Waals surface area contributed by atoms with Gasteiger partial charge in [0, 0.05) is 12.6 Å². The first kappa shape index (κ1) is 19.2. The molecule has 0 atom stereocenters. The molecule has 2 aromatic carbocycles. The Hall–Kier alpha value is -2.54. The van der Waals surface area contributed by atoms with Crippen molar-refractivity contribution in [2.45, 2.75) is 37.6 Å². The number of anilines is 1. The third kappa shape index (κ3) is 4.80. The summed E-state index contributed by atoms with van der Waals surface area (Å²) in [6, 6.07) is 13.8. The maximum absolute atomic E-state index is 12.9. The van der Waals surface area contributed by atoms with Gasteiger partial charge in [-0.25, -0.2) is 8.42 Å². The van der Waals surface area contributed by atoms with E-state index in [1.54, 1.807) is 55.5 Å². The molecule has 0 aliphatic heterocycles. The van der Waals surface area contributed by atoms with Crippen LogP contribution < -0.4 is 14.4 Å². The van der Waals surface area contributed by atoms with Gasteiger partial charge in [0.15, 0.2) is 6.61 Å². The third-order valence-corrected chi connectivity index (χ3v) is 6.25. The summed E-state index contributed by atoms with van der Waals surface area (Å²) >= 11 is 0. The molecular formula is C20H24N2O4S. The van der Waals surface area contributed by atoms with Crippen molar-refractivity contribution in [3.63, 3.8) is 0 Å². The predicted molar refractivity (Wildman–Crippen MR) is 104 cm³/mol. The molecule has 1 amide bonds. The molecule has 0 saturated heterocycles. The van der Waals surface area contributed by atoms with Crippen LogP contribution in [0.3, 0.4) is 0 Å². The summed E-state index contributed by atoms with van der Waals surface area (Å²) in [5, 5.41) is 2.85. The molecule has 2 aromatic rings. The highest BCUT2D eigenvalue weighted by Crippen LogP contribution is 2.26. The number of carbonyl (C=O) groups excluding carboxylic acids is 1. The zero-order chi connectivity index (χ0) is 19.4. The number of nitrogens with one attached hydrogen (secondary N) is 1. The highest BCUT2D eigenvalue weighted by Gasteiger charge is 2.24. The van der Waals surface area contributed by atoms with Crippen LogP contribution in [0.25, 0.3) is 0 Å². The number of amides is 1. The maximum Gasteiger partial charge on any atom is 0.264 e. The Bertz CT molecular complexity index is 889. The molecule has 144 valence electrons. The van der Waals surface area contributed by atoms with E-state index >= 15 is 0 Å². The number of hydrogen-bond donors (Lipinski definition) is 1. The van der Waals surface area contributed by atoms with E-state index in [2.05, 4.69) is 5.32 Å². The van der Waals surface area contributed by atoms with E-state index in [4.69, 9.17) is 4.74 Å². The summed E-state index contributed by atoms with van der Waals surface area (Å²) in [4.78, 5) is 11.9. The van der Waals surface area contributed by atoms with Gasteiger partial charge in [-0.2, -0.15) is 0 Å². The molecule has 0 heterocycles. The van der Waals surface area contributed by atoms with Crippen molar-refractivity contribution in [3.05, 3.63) is 54.1 Å². The molecule has 1 fully saturated rings. The third-order valence-electron chi connectivity index (χ3n) is 4.33. The Morgan fingerprint density at radius 3 is 2.30 bits per heavy atom. The number of nitrogens with zero attached hydrogens (tertiary/aromatic N) is 1. The lowest BCUT2D eigenvalue weighted by atomic mass is 10.2. The fourth-order valence-corrected chi connectivity index (χ4v) is 4.16. The summed E-state index contributed by atoms with van der Waals surface area (Å²) in [5.74, 6) is 0.382. The van der Waals surface area contributed by atoms with Crippen molar-refractivity contribution in [3.8, 4) is 5.75 Å². The number of carbonyl (C=O) groups is 1. The topological polar surface area (TPSA) is 75.7 Å². The fourth-order valence-electron chi connectivity index (χ4n) is 2.68. The molecule has 0 aromatic heterocycles. The number of benzene rings is 2. The lowest BCUT2D eigenvalue weighted by molar-refractivity contribution is -0.123. The highest BCUT2D eigenvalue weighted by atomic mass is 32.2. The molecule has 1 saturated carbocycles. The van der Waals surface area contributed by atoms with Gasteiger partial charge in [0.2, 0.25) is 0 Å². The van der Waals surface area contributed by atoms with E-state index in [1.807, 2.05) is 6.92 Å². The first-order valence-electron chi connectivity index (χ1n) is 9.02. The second-order valence-corrected chi connectivity index (χ2v) is 8.47. The molecule has 6 nitrogen and oxygen atoms in total.